The monoisotopic (exact) mass is 293 g/mol. The minimum absolute atomic E-state index is 0.430. The third-order valence-corrected chi connectivity index (χ3v) is 5.49. The molecule has 0 aromatic heterocycles. The number of hydrogen-bond donors (Lipinski definition) is 1. The van der Waals surface area contributed by atoms with Crippen LogP contribution >= 0.6 is 11.8 Å². The van der Waals surface area contributed by atoms with Gasteiger partial charge in [-0.05, 0) is 61.8 Å². The van der Waals surface area contributed by atoms with E-state index in [1.165, 1.54) is 41.0 Å². The van der Waals surface area contributed by atoms with Crippen LogP contribution in [0.5, 0.6) is 5.75 Å². The number of nitrogens with one attached hydrogen (secondary N) is 1. The van der Waals surface area contributed by atoms with Crippen molar-refractivity contribution in [2.24, 2.45) is 5.92 Å². The van der Waals surface area contributed by atoms with Crippen LogP contribution in [-0.4, -0.2) is 25.2 Å². The molecule has 1 fully saturated rings. The van der Waals surface area contributed by atoms with Crippen LogP contribution in [0.25, 0.3) is 0 Å². The number of hydrogen-bond acceptors (Lipinski definition) is 3. The van der Waals surface area contributed by atoms with Crippen molar-refractivity contribution in [2.75, 3.05) is 25.2 Å². The van der Waals surface area contributed by atoms with Crippen LogP contribution < -0.4 is 10.1 Å². The fourth-order valence-electron chi connectivity index (χ4n) is 2.97. The first-order valence-corrected chi connectivity index (χ1v) is 8.79. The molecular formula is C17H27NOS. The van der Waals surface area contributed by atoms with Crippen LogP contribution in [0.15, 0.2) is 12.1 Å². The Bertz CT molecular complexity index is 441. The van der Waals surface area contributed by atoms with E-state index in [-0.39, 0.29) is 0 Å². The topological polar surface area (TPSA) is 21.3 Å². The summed E-state index contributed by atoms with van der Waals surface area (Å²) in [4.78, 5) is 0. The van der Waals surface area contributed by atoms with Crippen molar-refractivity contribution in [1.82, 2.24) is 5.32 Å². The highest BCUT2D eigenvalue weighted by Gasteiger charge is 2.29. The molecule has 0 bridgehead atoms. The zero-order valence-electron chi connectivity index (χ0n) is 13.2. The average molecular weight is 293 g/mol. The van der Waals surface area contributed by atoms with Crippen molar-refractivity contribution in [3.63, 3.8) is 0 Å². The van der Waals surface area contributed by atoms with Gasteiger partial charge in [-0.15, -0.1) is 0 Å². The molecule has 1 N–H and O–H groups in total. The number of rotatable bonds is 6. The van der Waals surface area contributed by atoms with Crippen molar-refractivity contribution in [1.29, 1.82) is 0 Å². The van der Waals surface area contributed by atoms with Gasteiger partial charge in [0.05, 0.1) is 7.11 Å². The first kappa shape index (κ1) is 15.7. The Balaban J connectivity index is 2.34. The molecule has 3 heteroatoms. The van der Waals surface area contributed by atoms with Gasteiger partial charge in [0.2, 0.25) is 0 Å². The maximum absolute atomic E-state index is 5.73. The molecule has 2 unspecified atom stereocenters. The van der Waals surface area contributed by atoms with Crippen LogP contribution in [0.3, 0.4) is 0 Å². The van der Waals surface area contributed by atoms with Crippen molar-refractivity contribution in [3.05, 3.63) is 28.8 Å². The van der Waals surface area contributed by atoms with Gasteiger partial charge in [0.15, 0.2) is 0 Å². The summed E-state index contributed by atoms with van der Waals surface area (Å²) in [6.45, 7) is 7.62. The summed E-state index contributed by atoms with van der Waals surface area (Å²) in [7, 11) is 1.80. The molecule has 0 saturated carbocycles. The van der Waals surface area contributed by atoms with Gasteiger partial charge in [-0.3, -0.25) is 0 Å². The Kier molecular flexibility index (Phi) is 5.79. The molecule has 1 aliphatic heterocycles. The number of benzene rings is 1. The van der Waals surface area contributed by atoms with Gasteiger partial charge >= 0.3 is 0 Å². The van der Waals surface area contributed by atoms with Crippen LogP contribution in [0, 0.1) is 19.8 Å². The van der Waals surface area contributed by atoms with Crippen molar-refractivity contribution >= 4 is 11.8 Å². The number of aryl methyl sites for hydroxylation is 1. The molecule has 2 rings (SSSR count). The Morgan fingerprint density at radius 1 is 1.40 bits per heavy atom. The second-order valence-corrected chi connectivity index (χ2v) is 6.84. The zero-order valence-corrected chi connectivity index (χ0v) is 14.0. The summed E-state index contributed by atoms with van der Waals surface area (Å²) in [5.41, 5.74) is 3.93. The molecule has 1 heterocycles. The van der Waals surface area contributed by atoms with Crippen molar-refractivity contribution < 1.29 is 4.74 Å². The first-order chi connectivity index (χ1) is 9.69. The predicted octanol–water partition coefficient (Wildman–Crippen LogP) is 4.11. The van der Waals surface area contributed by atoms with E-state index in [9.17, 15) is 0 Å². The molecule has 1 aromatic carbocycles. The van der Waals surface area contributed by atoms with E-state index in [1.807, 2.05) is 0 Å². The summed E-state index contributed by atoms with van der Waals surface area (Å²) < 4.78 is 5.73. The molecule has 112 valence electrons. The third-order valence-electron chi connectivity index (χ3n) is 4.30. The van der Waals surface area contributed by atoms with E-state index in [2.05, 4.69) is 50.0 Å². The Morgan fingerprint density at radius 3 is 2.80 bits per heavy atom. The molecule has 1 aliphatic rings. The maximum Gasteiger partial charge on any atom is 0.126 e. The summed E-state index contributed by atoms with van der Waals surface area (Å²) in [6, 6.07) is 4.92. The molecule has 0 aliphatic carbocycles. The smallest absolute Gasteiger partial charge is 0.126 e. The lowest BCUT2D eigenvalue weighted by molar-refractivity contribution is 0.359. The average Bonchev–Trinajstić information content (AvgIpc) is 2.97. The van der Waals surface area contributed by atoms with Crippen molar-refractivity contribution in [3.8, 4) is 5.75 Å². The van der Waals surface area contributed by atoms with E-state index in [0.29, 0.717) is 6.04 Å². The Labute approximate surface area is 127 Å². The molecule has 0 spiro atoms. The fourth-order valence-corrected chi connectivity index (χ4v) is 4.27. The highest BCUT2D eigenvalue weighted by atomic mass is 32.2. The maximum atomic E-state index is 5.73. The standard InChI is InChI=1S/C17H27NOS/c1-5-9-18-16(14-8-10-20-11-14)15-7-6-12(2)13(3)17(15)19-4/h6-7,14,16,18H,5,8-11H2,1-4H3. The molecular weight excluding hydrogens is 266 g/mol. The minimum Gasteiger partial charge on any atom is -0.496 e. The van der Waals surface area contributed by atoms with E-state index < -0.39 is 0 Å². The van der Waals surface area contributed by atoms with Crippen LogP contribution in [0.2, 0.25) is 0 Å². The second kappa shape index (κ2) is 7.37. The molecule has 2 atom stereocenters. The summed E-state index contributed by atoms with van der Waals surface area (Å²) in [5.74, 6) is 4.36. The molecule has 2 nitrogen and oxygen atoms in total. The van der Waals surface area contributed by atoms with E-state index in [0.717, 1.165) is 18.2 Å². The molecule has 1 aromatic rings. The SMILES string of the molecule is CCCNC(c1ccc(C)c(C)c1OC)C1CCSC1. The lowest BCUT2D eigenvalue weighted by Gasteiger charge is -2.27. The predicted molar refractivity (Wildman–Crippen MR) is 88.9 cm³/mol. The number of thioether (sulfide) groups is 1. The minimum atomic E-state index is 0.430. The van der Waals surface area contributed by atoms with E-state index in [4.69, 9.17) is 4.74 Å². The molecule has 0 amide bonds. The largest absolute Gasteiger partial charge is 0.496 e. The van der Waals surface area contributed by atoms with Gasteiger partial charge < -0.3 is 10.1 Å². The highest BCUT2D eigenvalue weighted by Crippen LogP contribution is 2.39. The molecule has 1 saturated heterocycles. The lowest BCUT2D eigenvalue weighted by Crippen LogP contribution is -2.29. The Hall–Kier alpha value is -0.670. The van der Waals surface area contributed by atoms with Crippen LogP contribution in [0.1, 0.15) is 42.5 Å². The first-order valence-electron chi connectivity index (χ1n) is 7.64. The number of methoxy groups -OCH3 is 1. The van der Waals surface area contributed by atoms with Crippen LogP contribution in [-0.2, 0) is 0 Å². The van der Waals surface area contributed by atoms with Gasteiger partial charge in [0.25, 0.3) is 0 Å². The van der Waals surface area contributed by atoms with E-state index >= 15 is 0 Å². The van der Waals surface area contributed by atoms with Gasteiger partial charge in [0, 0.05) is 11.6 Å². The van der Waals surface area contributed by atoms with Gasteiger partial charge in [0.1, 0.15) is 5.75 Å². The summed E-state index contributed by atoms with van der Waals surface area (Å²) >= 11 is 2.08. The van der Waals surface area contributed by atoms with Gasteiger partial charge in [-0.25, -0.2) is 0 Å². The van der Waals surface area contributed by atoms with Gasteiger partial charge in [-0.2, -0.15) is 11.8 Å². The molecule has 0 radical (unpaired) electrons. The number of ether oxygens (including phenoxy) is 1. The second-order valence-electron chi connectivity index (χ2n) is 5.69. The zero-order chi connectivity index (χ0) is 14.5. The van der Waals surface area contributed by atoms with Crippen molar-refractivity contribution in [2.45, 2.75) is 39.7 Å². The van der Waals surface area contributed by atoms with Gasteiger partial charge in [-0.1, -0.05) is 19.1 Å². The molecule has 20 heavy (non-hydrogen) atoms. The fraction of sp³-hybridized carbons (Fsp3) is 0.647. The normalized spacial score (nSPS) is 20.1. The third kappa shape index (κ3) is 3.32. The highest BCUT2D eigenvalue weighted by molar-refractivity contribution is 7.99. The summed E-state index contributed by atoms with van der Waals surface area (Å²) in [5, 5.41) is 3.76. The quantitative estimate of drug-likeness (QED) is 0.853. The Morgan fingerprint density at radius 2 is 2.20 bits per heavy atom. The van der Waals surface area contributed by atoms with Crippen LogP contribution in [0.4, 0.5) is 0 Å². The summed E-state index contributed by atoms with van der Waals surface area (Å²) in [6.07, 6.45) is 2.48. The van der Waals surface area contributed by atoms with E-state index in [1.54, 1.807) is 7.11 Å². The lowest BCUT2D eigenvalue weighted by atomic mass is 9.89.